The zero-order valence-corrected chi connectivity index (χ0v) is 11.6. The molecule has 0 aliphatic heterocycles. The Morgan fingerprint density at radius 1 is 1.11 bits per heavy atom. The summed E-state index contributed by atoms with van der Waals surface area (Å²) in [5.41, 5.74) is 0.316. The summed E-state index contributed by atoms with van der Waals surface area (Å²) < 4.78 is 0. The van der Waals surface area contributed by atoms with Crippen LogP contribution < -0.4 is 0 Å². The lowest BCUT2D eigenvalue weighted by molar-refractivity contribution is -0.115. The van der Waals surface area contributed by atoms with Crippen LogP contribution in [0.5, 0.6) is 0 Å². The lowest BCUT2D eigenvalue weighted by Gasteiger charge is -2.14. The summed E-state index contributed by atoms with van der Waals surface area (Å²) in [4.78, 5) is 24.0. The molecule has 0 fully saturated rings. The van der Waals surface area contributed by atoms with Gasteiger partial charge in [-0.3, -0.25) is 9.59 Å². The van der Waals surface area contributed by atoms with E-state index in [9.17, 15) is 9.59 Å². The summed E-state index contributed by atoms with van der Waals surface area (Å²) in [5.74, 6) is -0.645. The Morgan fingerprint density at radius 3 is 2.44 bits per heavy atom. The van der Waals surface area contributed by atoms with Crippen LogP contribution in [0, 0.1) is 0 Å². The van der Waals surface area contributed by atoms with E-state index in [2.05, 4.69) is 0 Å². The Kier molecular flexibility index (Phi) is 4.10. The molecule has 0 atom stereocenters. The number of benzene rings is 1. The van der Waals surface area contributed by atoms with Gasteiger partial charge in [0.1, 0.15) is 0 Å². The lowest BCUT2D eigenvalue weighted by Crippen LogP contribution is -2.18. The van der Waals surface area contributed by atoms with Gasteiger partial charge in [-0.25, -0.2) is 0 Å². The van der Waals surface area contributed by atoms with Crippen molar-refractivity contribution in [3.8, 4) is 0 Å². The predicted molar refractivity (Wildman–Crippen MR) is 72.5 cm³/mol. The van der Waals surface area contributed by atoms with Crippen molar-refractivity contribution in [2.24, 2.45) is 0 Å². The molecular weight excluding hydrogens is 294 g/mol. The van der Waals surface area contributed by atoms with Gasteiger partial charge in [-0.2, -0.15) is 0 Å². The molecule has 0 saturated carbocycles. The monoisotopic (exact) mass is 302 g/mol. The SMILES string of the molecule is O=C1CCCC(Cl)=C1C(=O)c1ccc(Cl)cc1Cl. The third-order valence-corrected chi connectivity index (χ3v) is 3.68. The molecule has 0 N–H and O–H groups in total. The minimum Gasteiger partial charge on any atom is -0.294 e. The van der Waals surface area contributed by atoms with Crippen LogP contribution in [0.3, 0.4) is 0 Å². The van der Waals surface area contributed by atoms with E-state index in [1.807, 2.05) is 0 Å². The van der Waals surface area contributed by atoms with Crippen molar-refractivity contribution in [1.29, 1.82) is 0 Å². The van der Waals surface area contributed by atoms with Crippen LogP contribution in [0.4, 0.5) is 0 Å². The van der Waals surface area contributed by atoms with Crippen LogP contribution in [0.1, 0.15) is 29.6 Å². The van der Waals surface area contributed by atoms with E-state index in [1.165, 1.54) is 12.1 Å². The molecule has 1 aromatic rings. The molecule has 0 unspecified atom stereocenters. The number of Topliss-reactive ketones (excluding diaryl/α,β-unsaturated/α-hetero) is 2. The van der Waals surface area contributed by atoms with E-state index >= 15 is 0 Å². The number of hydrogen-bond acceptors (Lipinski definition) is 2. The van der Waals surface area contributed by atoms with Crippen LogP contribution in [0.15, 0.2) is 28.8 Å². The predicted octanol–water partition coefficient (Wildman–Crippen LogP) is 4.42. The summed E-state index contributed by atoms with van der Waals surface area (Å²) in [6, 6.07) is 4.53. The minimum atomic E-state index is -0.425. The molecule has 2 nitrogen and oxygen atoms in total. The molecule has 94 valence electrons. The van der Waals surface area contributed by atoms with Gasteiger partial charge in [-0.05, 0) is 31.0 Å². The van der Waals surface area contributed by atoms with Crippen LogP contribution in [0.2, 0.25) is 10.0 Å². The van der Waals surface area contributed by atoms with Crippen LogP contribution >= 0.6 is 34.8 Å². The van der Waals surface area contributed by atoms with E-state index in [0.29, 0.717) is 29.3 Å². The molecule has 0 spiro atoms. The highest BCUT2D eigenvalue weighted by molar-refractivity contribution is 6.42. The maximum atomic E-state index is 12.3. The molecule has 0 heterocycles. The Hall–Kier alpha value is -0.830. The first-order chi connectivity index (χ1) is 8.50. The van der Waals surface area contributed by atoms with Gasteiger partial charge in [0.25, 0.3) is 0 Å². The topological polar surface area (TPSA) is 34.1 Å². The molecule has 0 saturated heterocycles. The van der Waals surface area contributed by atoms with Gasteiger partial charge in [0.2, 0.25) is 0 Å². The third kappa shape index (κ3) is 2.61. The first-order valence-corrected chi connectivity index (χ1v) is 6.55. The second-order valence-electron chi connectivity index (χ2n) is 4.01. The van der Waals surface area contributed by atoms with Crippen molar-refractivity contribution >= 4 is 46.4 Å². The van der Waals surface area contributed by atoms with E-state index < -0.39 is 5.78 Å². The number of hydrogen-bond donors (Lipinski definition) is 0. The van der Waals surface area contributed by atoms with E-state index in [0.717, 1.165) is 0 Å². The highest BCUT2D eigenvalue weighted by atomic mass is 35.5. The lowest BCUT2D eigenvalue weighted by atomic mass is 9.91. The van der Waals surface area contributed by atoms with Crippen LogP contribution in [-0.4, -0.2) is 11.6 Å². The molecule has 1 aliphatic carbocycles. The molecule has 0 aromatic heterocycles. The van der Waals surface area contributed by atoms with Crippen molar-refractivity contribution in [3.05, 3.63) is 44.4 Å². The molecule has 18 heavy (non-hydrogen) atoms. The zero-order chi connectivity index (χ0) is 13.3. The van der Waals surface area contributed by atoms with Gasteiger partial charge >= 0.3 is 0 Å². The number of ketones is 2. The highest BCUT2D eigenvalue weighted by Crippen LogP contribution is 2.30. The summed E-state index contributed by atoms with van der Waals surface area (Å²) in [6.45, 7) is 0. The highest BCUT2D eigenvalue weighted by Gasteiger charge is 2.27. The number of allylic oxidation sites excluding steroid dienone is 2. The summed E-state index contributed by atoms with van der Waals surface area (Å²) in [6.07, 6.45) is 1.59. The molecule has 0 bridgehead atoms. The molecule has 0 radical (unpaired) electrons. The average Bonchev–Trinajstić information content (AvgIpc) is 2.28. The second-order valence-corrected chi connectivity index (χ2v) is 5.31. The van der Waals surface area contributed by atoms with Crippen molar-refractivity contribution < 1.29 is 9.59 Å². The molecular formula is C13H9Cl3O2. The summed E-state index contributed by atoms with van der Waals surface area (Å²) in [5, 5.41) is 0.983. The quantitative estimate of drug-likeness (QED) is 0.598. The average molecular weight is 304 g/mol. The fraction of sp³-hybridized carbons (Fsp3) is 0.231. The Labute approximate surface area is 120 Å². The largest absolute Gasteiger partial charge is 0.294 e. The Balaban J connectivity index is 2.45. The number of carbonyl (C=O) groups excluding carboxylic acids is 2. The van der Waals surface area contributed by atoms with Gasteiger partial charge in [0.15, 0.2) is 11.6 Å². The van der Waals surface area contributed by atoms with Gasteiger partial charge in [0.05, 0.1) is 10.6 Å². The molecule has 0 amide bonds. The van der Waals surface area contributed by atoms with Crippen LogP contribution in [0.25, 0.3) is 0 Å². The van der Waals surface area contributed by atoms with Crippen molar-refractivity contribution in [2.45, 2.75) is 19.3 Å². The Morgan fingerprint density at radius 2 is 1.83 bits per heavy atom. The molecule has 2 rings (SSSR count). The number of rotatable bonds is 2. The van der Waals surface area contributed by atoms with Crippen molar-refractivity contribution in [1.82, 2.24) is 0 Å². The maximum Gasteiger partial charge on any atom is 0.199 e. The van der Waals surface area contributed by atoms with Gasteiger partial charge in [-0.15, -0.1) is 0 Å². The summed E-state index contributed by atoms with van der Waals surface area (Å²) in [7, 11) is 0. The minimum absolute atomic E-state index is 0.0622. The van der Waals surface area contributed by atoms with Crippen molar-refractivity contribution in [2.75, 3.05) is 0 Å². The molecule has 1 aliphatic rings. The maximum absolute atomic E-state index is 12.3. The number of carbonyl (C=O) groups is 2. The van der Waals surface area contributed by atoms with Gasteiger partial charge < -0.3 is 0 Å². The summed E-state index contributed by atoms with van der Waals surface area (Å²) >= 11 is 17.7. The Bertz CT molecular complexity index is 561. The fourth-order valence-corrected chi connectivity index (χ4v) is 2.68. The van der Waals surface area contributed by atoms with E-state index in [1.54, 1.807) is 6.07 Å². The molecule has 1 aromatic carbocycles. The second kappa shape index (κ2) is 5.43. The third-order valence-electron chi connectivity index (χ3n) is 2.75. The normalized spacial score (nSPS) is 16.1. The van der Waals surface area contributed by atoms with Crippen molar-refractivity contribution in [3.63, 3.8) is 0 Å². The van der Waals surface area contributed by atoms with E-state index in [4.69, 9.17) is 34.8 Å². The van der Waals surface area contributed by atoms with Gasteiger partial charge in [-0.1, -0.05) is 34.8 Å². The standard InChI is InChI=1S/C13H9Cl3O2/c14-7-4-5-8(10(16)6-7)13(18)12-9(15)2-1-3-11(12)17/h4-6H,1-3H2. The fourth-order valence-electron chi connectivity index (χ4n) is 1.86. The molecule has 5 heteroatoms. The smallest absolute Gasteiger partial charge is 0.199 e. The number of halogens is 3. The zero-order valence-electron chi connectivity index (χ0n) is 9.30. The first kappa shape index (κ1) is 13.6. The first-order valence-electron chi connectivity index (χ1n) is 5.42. The van der Waals surface area contributed by atoms with Crippen LogP contribution in [-0.2, 0) is 4.79 Å². The van der Waals surface area contributed by atoms with Gasteiger partial charge in [0, 0.05) is 22.0 Å². The van der Waals surface area contributed by atoms with E-state index in [-0.39, 0.29) is 21.9 Å².